The number of rotatable bonds is 5. The first kappa shape index (κ1) is 17.7. The monoisotopic (exact) mass is 349 g/mol. The van der Waals surface area contributed by atoms with Gasteiger partial charge in [0.2, 0.25) is 0 Å². The summed E-state index contributed by atoms with van der Waals surface area (Å²) in [6.07, 6.45) is 0. The normalized spacial score (nSPS) is 10.9. The number of anilines is 1. The second-order valence-corrected chi connectivity index (χ2v) is 6.66. The van der Waals surface area contributed by atoms with Crippen molar-refractivity contribution >= 4 is 5.69 Å². The Bertz CT molecular complexity index is 1000. The summed E-state index contributed by atoms with van der Waals surface area (Å²) >= 11 is 0. The van der Waals surface area contributed by atoms with Crippen molar-refractivity contribution in [3.05, 3.63) is 87.2 Å². The summed E-state index contributed by atoms with van der Waals surface area (Å²) in [5.74, 6) is 0.371. The molecule has 3 aromatic rings. The molecule has 0 aliphatic rings. The van der Waals surface area contributed by atoms with Gasteiger partial charge >= 0.3 is 5.69 Å². The van der Waals surface area contributed by atoms with E-state index in [9.17, 15) is 9.59 Å². The van der Waals surface area contributed by atoms with Crippen molar-refractivity contribution in [1.82, 2.24) is 9.13 Å². The number of benzene rings is 2. The second kappa shape index (κ2) is 7.44. The quantitative estimate of drug-likeness (QED) is 0.768. The maximum atomic E-state index is 13.2. The van der Waals surface area contributed by atoms with Gasteiger partial charge in [-0.1, -0.05) is 50.2 Å². The third-order valence-electron chi connectivity index (χ3n) is 4.21. The van der Waals surface area contributed by atoms with Gasteiger partial charge in [-0.3, -0.25) is 9.36 Å². The number of nitrogens with zero attached hydrogens (tertiary/aromatic N) is 2. The lowest BCUT2D eigenvalue weighted by Crippen LogP contribution is -2.41. The molecular weight excluding hydrogens is 326 g/mol. The fourth-order valence-electron chi connectivity index (χ4n) is 2.90. The lowest BCUT2D eigenvalue weighted by atomic mass is 10.2. The number of para-hydroxylation sites is 2. The fourth-order valence-corrected chi connectivity index (χ4v) is 2.90. The molecule has 0 fully saturated rings. The van der Waals surface area contributed by atoms with E-state index in [2.05, 4.69) is 19.2 Å². The van der Waals surface area contributed by atoms with Crippen LogP contribution in [0.4, 0.5) is 5.69 Å². The maximum absolute atomic E-state index is 13.2. The Balaban J connectivity index is 2.33. The molecule has 0 atom stereocenters. The molecule has 0 spiro atoms. The average Bonchev–Trinajstić information content (AvgIpc) is 2.63. The topological polar surface area (TPSA) is 56.0 Å². The van der Waals surface area contributed by atoms with Gasteiger partial charge in [0.25, 0.3) is 5.56 Å². The highest BCUT2D eigenvalue weighted by Crippen LogP contribution is 2.15. The number of nitrogens with one attached hydrogen (secondary N) is 1. The lowest BCUT2D eigenvalue weighted by molar-refractivity contribution is 0.682. The minimum Gasteiger partial charge on any atom is -0.379 e. The van der Waals surface area contributed by atoms with Crippen molar-refractivity contribution in [3.8, 4) is 11.4 Å². The first-order valence-electron chi connectivity index (χ1n) is 8.74. The molecule has 0 saturated heterocycles. The smallest absolute Gasteiger partial charge is 0.340 e. The van der Waals surface area contributed by atoms with E-state index in [-0.39, 0.29) is 11.2 Å². The zero-order valence-corrected chi connectivity index (χ0v) is 15.3. The van der Waals surface area contributed by atoms with Crippen molar-refractivity contribution in [2.75, 3.05) is 11.9 Å². The second-order valence-electron chi connectivity index (χ2n) is 6.66. The third-order valence-corrected chi connectivity index (χ3v) is 4.21. The van der Waals surface area contributed by atoms with Gasteiger partial charge in [-0.2, -0.15) is 0 Å². The predicted molar refractivity (Wildman–Crippen MR) is 106 cm³/mol. The summed E-state index contributed by atoms with van der Waals surface area (Å²) in [5, 5.41) is 3.24. The van der Waals surface area contributed by atoms with E-state index >= 15 is 0 Å². The van der Waals surface area contributed by atoms with Gasteiger partial charge in [-0.15, -0.1) is 0 Å². The van der Waals surface area contributed by atoms with Gasteiger partial charge in [0.15, 0.2) is 0 Å². The molecule has 134 valence electrons. The molecule has 26 heavy (non-hydrogen) atoms. The SMILES string of the molecule is Cc1c(NCC(C)C)c(=O)n(-c2ccccc2)c(=O)n1-c1ccccc1. The van der Waals surface area contributed by atoms with E-state index in [1.54, 1.807) is 23.6 Å². The standard InChI is InChI=1S/C21H23N3O2/c1-15(2)14-22-19-16(3)23(17-10-6-4-7-11-17)21(26)24(20(19)25)18-12-8-5-9-13-18/h4-13,15,22H,14H2,1-3H3. The summed E-state index contributed by atoms with van der Waals surface area (Å²) in [4.78, 5) is 26.3. The fraction of sp³-hybridized carbons (Fsp3) is 0.238. The molecule has 1 heterocycles. The minimum absolute atomic E-state index is 0.327. The van der Waals surface area contributed by atoms with Crippen molar-refractivity contribution in [1.29, 1.82) is 0 Å². The third kappa shape index (κ3) is 3.33. The Hall–Kier alpha value is -3.08. The molecule has 0 radical (unpaired) electrons. The van der Waals surface area contributed by atoms with Crippen molar-refractivity contribution < 1.29 is 0 Å². The Morgan fingerprint density at radius 3 is 1.85 bits per heavy atom. The molecule has 0 aliphatic heterocycles. The summed E-state index contributed by atoms with van der Waals surface area (Å²) < 4.78 is 2.81. The van der Waals surface area contributed by atoms with Gasteiger partial charge in [0.05, 0.1) is 17.1 Å². The lowest BCUT2D eigenvalue weighted by Gasteiger charge is -2.19. The van der Waals surface area contributed by atoms with E-state index in [1.165, 1.54) is 4.57 Å². The van der Waals surface area contributed by atoms with Crippen LogP contribution in [0.25, 0.3) is 11.4 Å². The Labute approximate surface area is 152 Å². The molecule has 5 heteroatoms. The van der Waals surface area contributed by atoms with Gasteiger partial charge in [0.1, 0.15) is 5.69 Å². The van der Waals surface area contributed by atoms with Crippen LogP contribution in [0.1, 0.15) is 19.5 Å². The van der Waals surface area contributed by atoms with Gasteiger partial charge in [-0.25, -0.2) is 9.36 Å². The van der Waals surface area contributed by atoms with Crippen LogP contribution in [-0.4, -0.2) is 15.7 Å². The van der Waals surface area contributed by atoms with Gasteiger partial charge in [-0.05, 0) is 37.1 Å². The van der Waals surface area contributed by atoms with E-state index < -0.39 is 0 Å². The van der Waals surface area contributed by atoms with Crippen molar-refractivity contribution in [2.24, 2.45) is 5.92 Å². The molecule has 0 saturated carbocycles. The first-order valence-corrected chi connectivity index (χ1v) is 8.74. The molecule has 5 nitrogen and oxygen atoms in total. The van der Waals surface area contributed by atoms with Gasteiger partial charge in [0, 0.05) is 6.54 Å². The highest BCUT2D eigenvalue weighted by Gasteiger charge is 2.18. The van der Waals surface area contributed by atoms with Crippen LogP contribution in [0.3, 0.4) is 0 Å². The zero-order valence-electron chi connectivity index (χ0n) is 15.3. The molecule has 2 aromatic carbocycles. The summed E-state index contributed by atoms with van der Waals surface area (Å²) in [6.45, 7) is 6.60. The molecular formula is C21H23N3O2. The number of aromatic nitrogens is 2. The predicted octanol–water partition coefficient (Wildman–Crippen LogP) is 3.36. The van der Waals surface area contributed by atoms with Crippen LogP contribution < -0.4 is 16.6 Å². The van der Waals surface area contributed by atoms with E-state index in [4.69, 9.17) is 0 Å². The van der Waals surface area contributed by atoms with Gasteiger partial charge < -0.3 is 5.32 Å². The highest BCUT2D eigenvalue weighted by atomic mass is 16.2. The molecule has 0 unspecified atom stereocenters. The molecule has 3 rings (SSSR count). The van der Waals surface area contributed by atoms with Crippen LogP contribution in [0.15, 0.2) is 70.3 Å². The minimum atomic E-state index is -0.375. The summed E-state index contributed by atoms with van der Waals surface area (Å²) in [7, 11) is 0. The molecule has 1 N–H and O–H groups in total. The van der Waals surface area contributed by atoms with Crippen LogP contribution in [0.2, 0.25) is 0 Å². The van der Waals surface area contributed by atoms with E-state index in [1.807, 2.05) is 48.5 Å². The average molecular weight is 349 g/mol. The van der Waals surface area contributed by atoms with Crippen LogP contribution in [-0.2, 0) is 0 Å². The molecule has 0 bridgehead atoms. The van der Waals surface area contributed by atoms with Crippen molar-refractivity contribution in [2.45, 2.75) is 20.8 Å². The Morgan fingerprint density at radius 2 is 1.35 bits per heavy atom. The Kier molecular flexibility index (Phi) is 5.07. The molecule has 0 amide bonds. The zero-order chi connectivity index (χ0) is 18.7. The Morgan fingerprint density at radius 1 is 0.846 bits per heavy atom. The van der Waals surface area contributed by atoms with Crippen LogP contribution in [0, 0.1) is 12.8 Å². The van der Waals surface area contributed by atoms with Crippen molar-refractivity contribution in [3.63, 3.8) is 0 Å². The highest BCUT2D eigenvalue weighted by molar-refractivity contribution is 5.51. The van der Waals surface area contributed by atoms with Crippen LogP contribution >= 0.6 is 0 Å². The molecule has 1 aromatic heterocycles. The summed E-state index contributed by atoms with van der Waals surface area (Å²) in [6, 6.07) is 18.4. The van der Waals surface area contributed by atoms with Crippen LogP contribution in [0.5, 0.6) is 0 Å². The maximum Gasteiger partial charge on any atom is 0.340 e. The largest absolute Gasteiger partial charge is 0.379 e. The number of hydrogen-bond acceptors (Lipinski definition) is 3. The van der Waals surface area contributed by atoms with E-state index in [0.29, 0.717) is 29.5 Å². The molecule has 0 aliphatic carbocycles. The first-order chi connectivity index (χ1) is 12.5. The number of hydrogen-bond donors (Lipinski definition) is 1. The van der Waals surface area contributed by atoms with E-state index in [0.717, 1.165) is 5.69 Å². The summed E-state index contributed by atoms with van der Waals surface area (Å²) in [5.41, 5.74) is 1.64.